The minimum absolute atomic E-state index is 0.463. The largest absolute Gasteiger partial charge is 0.368 e. The highest BCUT2D eigenvalue weighted by Gasteiger charge is 1.96. The third-order valence-electron chi connectivity index (χ3n) is 0.449. The van der Waals surface area contributed by atoms with Gasteiger partial charge in [0.1, 0.15) is 0 Å². The summed E-state index contributed by atoms with van der Waals surface area (Å²) in [4.78, 5) is 9.80. The topological polar surface area (TPSA) is 69.1 Å². The first kappa shape index (κ1) is 10.4. The number of nitrogens with two attached hydrogens (primary N) is 2. The summed E-state index contributed by atoms with van der Waals surface area (Å²) in [5.74, 6) is -0.463. The molecule has 0 saturated carbocycles. The van der Waals surface area contributed by atoms with Crippen LogP contribution < -0.4 is 11.5 Å². The Bertz CT molecular complexity index is 61.4. The minimum atomic E-state index is -0.509. The quantitative estimate of drug-likeness (QED) is 0.502. The average Bonchev–Trinajstić information content (AvgIpc) is 1.72. The Morgan fingerprint density at radius 1 is 1.50 bits per heavy atom. The molecule has 0 radical (unpaired) electrons. The molecule has 1 atom stereocenters. The predicted octanol–water partition coefficient (Wildman–Crippen LogP) is -0.155. The lowest BCUT2D eigenvalue weighted by Crippen LogP contribution is -2.32. The first-order valence-corrected chi connectivity index (χ1v) is 2.69. The van der Waals surface area contributed by atoms with Crippen LogP contribution in [0.5, 0.6) is 0 Å². The SMILES string of the molecule is CC.C[C@H](N)C(N)=O. The van der Waals surface area contributed by atoms with Gasteiger partial charge in [0.25, 0.3) is 0 Å². The molecule has 0 unspecified atom stereocenters. The number of carbonyl (C=O) groups excluding carboxylic acids is 1. The molecule has 0 rings (SSSR count). The van der Waals surface area contributed by atoms with Crippen molar-refractivity contribution in [2.75, 3.05) is 0 Å². The molecule has 4 N–H and O–H groups in total. The van der Waals surface area contributed by atoms with Gasteiger partial charge in [-0.25, -0.2) is 0 Å². The Hall–Kier alpha value is -0.570. The molecule has 0 aliphatic rings. The van der Waals surface area contributed by atoms with Crippen molar-refractivity contribution >= 4 is 5.91 Å². The molecule has 0 aliphatic heterocycles. The Morgan fingerprint density at radius 3 is 1.62 bits per heavy atom. The van der Waals surface area contributed by atoms with Crippen molar-refractivity contribution in [3.8, 4) is 0 Å². The third kappa shape index (κ3) is 9.06. The Balaban J connectivity index is 0. The molecule has 0 saturated heterocycles. The van der Waals surface area contributed by atoms with Crippen LogP contribution in [0.1, 0.15) is 20.8 Å². The maximum absolute atomic E-state index is 9.80. The first-order valence-electron chi connectivity index (χ1n) is 2.69. The zero-order chi connectivity index (χ0) is 7.15. The second-order valence-corrected chi connectivity index (χ2v) is 1.19. The summed E-state index contributed by atoms with van der Waals surface area (Å²) in [7, 11) is 0. The van der Waals surface area contributed by atoms with E-state index in [1.165, 1.54) is 0 Å². The van der Waals surface area contributed by atoms with Gasteiger partial charge >= 0.3 is 0 Å². The van der Waals surface area contributed by atoms with Crippen LogP contribution in [0, 0.1) is 0 Å². The Labute approximate surface area is 50.0 Å². The molecule has 3 nitrogen and oxygen atoms in total. The number of carbonyl (C=O) groups is 1. The van der Waals surface area contributed by atoms with E-state index < -0.39 is 11.9 Å². The Morgan fingerprint density at radius 2 is 1.62 bits per heavy atom. The summed E-state index contributed by atoms with van der Waals surface area (Å²) in [6, 6.07) is -0.509. The number of amides is 1. The molecule has 0 spiro atoms. The van der Waals surface area contributed by atoms with Crippen LogP contribution in [0.4, 0.5) is 0 Å². The van der Waals surface area contributed by atoms with Gasteiger partial charge in [-0.3, -0.25) is 4.79 Å². The zero-order valence-corrected chi connectivity index (χ0v) is 5.64. The van der Waals surface area contributed by atoms with E-state index >= 15 is 0 Å². The van der Waals surface area contributed by atoms with Gasteiger partial charge in [-0.2, -0.15) is 0 Å². The van der Waals surface area contributed by atoms with E-state index in [4.69, 9.17) is 5.73 Å². The zero-order valence-electron chi connectivity index (χ0n) is 5.64. The maximum atomic E-state index is 9.80. The fraction of sp³-hybridized carbons (Fsp3) is 0.800. The lowest BCUT2D eigenvalue weighted by atomic mass is 10.4. The van der Waals surface area contributed by atoms with E-state index in [1.54, 1.807) is 6.92 Å². The van der Waals surface area contributed by atoms with E-state index in [2.05, 4.69) is 5.73 Å². The van der Waals surface area contributed by atoms with Crippen molar-refractivity contribution in [2.24, 2.45) is 11.5 Å². The van der Waals surface area contributed by atoms with Gasteiger partial charge in [-0.15, -0.1) is 0 Å². The normalized spacial score (nSPS) is 11.0. The molecular formula is C5H14N2O. The fourth-order valence-corrected chi connectivity index (χ4v) is 0. The van der Waals surface area contributed by atoms with Gasteiger partial charge in [0.2, 0.25) is 5.91 Å². The number of hydrogen-bond donors (Lipinski definition) is 2. The molecule has 0 fully saturated rings. The van der Waals surface area contributed by atoms with Gasteiger partial charge in [0.05, 0.1) is 6.04 Å². The Kier molecular flexibility index (Phi) is 8.37. The second-order valence-electron chi connectivity index (χ2n) is 1.19. The molecule has 0 heterocycles. The van der Waals surface area contributed by atoms with Crippen LogP contribution in [-0.4, -0.2) is 11.9 Å². The first-order chi connectivity index (χ1) is 3.64. The van der Waals surface area contributed by atoms with E-state index in [9.17, 15) is 4.79 Å². The van der Waals surface area contributed by atoms with Crippen molar-refractivity contribution in [1.29, 1.82) is 0 Å². The lowest BCUT2D eigenvalue weighted by Gasteiger charge is -1.91. The summed E-state index contributed by atoms with van der Waals surface area (Å²) < 4.78 is 0. The highest BCUT2D eigenvalue weighted by Crippen LogP contribution is 1.64. The minimum Gasteiger partial charge on any atom is -0.368 e. The molecule has 8 heavy (non-hydrogen) atoms. The average molecular weight is 118 g/mol. The predicted molar refractivity (Wildman–Crippen MR) is 34.2 cm³/mol. The third-order valence-corrected chi connectivity index (χ3v) is 0.449. The van der Waals surface area contributed by atoms with Gasteiger partial charge in [0, 0.05) is 0 Å². The monoisotopic (exact) mass is 118 g/mol. The van der Waals surface area contributed by atoms with Gasteiger partial charge in [-0.1, -0.05) is 13.8 Å². The van der Waals surface area contributed by atoms with Crippen LogP contribution in [0.2, 0.25) is 0 Å². The van der Waals surface area contributed by atoms with E-state index in [-0.39, 0.29) is 0 Å². The summed E-state index contributed by atoms with van der Waals surface area (Å²) >= 11 is 0. The van der Waals surface area contributed by atoms with Crippen LogP contribution in [0.25, 0.3) is 0 Å². The maximum Gasteiger partial charge on any atom is 0.234 e. The molecule has 0 aromatic rings. The van der Waals surface area contributed by atoms with Crippen molar-refractivity contribution in [2.45, 2.75) is 26.8 Å². The molecule has 1 amide bonds. The van der Waals surface area contributed by atoms with E-state index in [1.807, 2.05) is 13.8 Å². The van der Waals surface area contributed by atoms with Crippen molar-refractivity contribution in [3.05, 3.63) is 0 Å². The molecular weight excluding hydrogens is 104 g/mol. The van der Waals surface area contributed by atoms with E-state index in [0.29, 0.717) is 0 Å². The molecule has 0 aliphatic carbocycles. The van der Waals surface area contributed by atoms with Crippen molar-refractivity contribution in [3.63, 3.8) is 0 Å². The standard InChI is InChI=1S/C3H8N2O.C2H6/c1-2(4)3(5)6;1-2/h2H,4H2,1H3,(H2,5,6);1-2H3/t2-;/m0./s1. The summed E-state index contributed by atoms with van der Waals surface area (Å²) in [6.45, 7) is 5.54. The summed E-state index contributed by atoms with van der Waals surface area (Å²) in [5, 5.41) is 0. The highest BCUT2D eigenvalue weighted by molar-refractivity contribution is 5.78. The molecule has 0 aromatic carbocycles. The summed E-state index contributed by atoms with van der Waals surface area (Å²) in [6.07, 6.45) is 0. The van der Waals surface area contributed by atoms with Crippen LogP contribution in [-0.2, 0) is 4.79 Å². The van der Waals surface area contributed by atoms with Crippen LogP contribution >= 0.6 is 0 Å². The molecule has 3 heteroatoms. The van der Waals surface area contributed by atoms with Crippen LogP contribution in [0.15, 0.2) is 0 Å². The molecule has 0 aromatic heterocycles. The van der Waals surface area contributed by atoms with Crippen LogP contribution in [0.3, 0.4) is 0 Å². The molecule has 0 bridgehead atoms. The highest BCUT2D eigenvalue weighted by atomic mass is 16.1. The van der Waals surface area contributed by atoms with Crippen molar-refractivity contribution < 1.29 is 4.79 Å². The van der Waals surface area contributed by atoms with Crippen molar-refractivity contribution in [1.82, 2.24) is 0 Å². The fourth-order valence-electron chi connectivity index (χ4n) is 0. The lowest BCUT2D eigenvalue weighted by molar-refractivity contribution is -0.118. The van der Waals surface area contributed by atoms with Gasteiger partial charge < -0.3 is 11.5 Å². The summed E-state index contributed by atoms with van der Waals surface area (Å²) in [5.41, 5.74) is 9.63. The molecule has 50 valence electrons. The number of hydrogen-bond acceptors (Lipinski definition) is 2. The smallest absolute Gasteiger partial charge is 0.234 e. The second kappa shape index (κ2) is 6.43. The van der Waals surface area contributed by atoms with Gasteiger partial charge in [0.15, 0.2) is 0 Å². The van der Waals surface area contributed by atoms with Gasteiger partial charge in [-0.05, 0) is 6.92 Å². The number of rotatable bonds is 1. The van der Waals surface area contributed by atoms with E-state index in [0.717, 1.165) is 0 Å². The number of primary amides is 1.